The zero-order valence-corrected chi connectivity index (χ0v) is 13.0. The number of hydrogen-bond donors (Lipinski definition) is 0. The van der Waals surface area contributed by atoms with Crippen molar-refractivity contribution >= 4 is 16.8 Å². The number of benzene rings is 1. The zero-order chi connectivity index (χ0) is 16.4. The molecule has 0 N–H and O–H groups in total. The molecule has 1 aliphatic rings. The van der Waals surface area contributed by atoms with E-state index >= 15 is 0 Å². The van der Waals surface area contributed by atoms with Gasteiger partial charge in [-0.1, -0.05) is 12.1 Å². The van der Waals surface area contributed by atoms with E-state index in [0.717, 1.165) is 4.57 Å². The number of morpholine rings is 1. The van der Waals surface area contributed by atoms with Crippen molar-refractivity contribution in [3.63, 3.8) is 0 Å². The van der Waals surface area contributed by atoms with Crippen molar-refractivity contribution in [3.8, 4) is 0 Å². The van der Waals surface area contributed by atoms with Crippen LogP contribution in [-0.4, -0.2) is 46.2 Å². The second kappa shape index (κ2) is 6.37. The van der Waals surface area contributed by atoms with Crippen molar-refractivity contribution < 1.29 is 9.53 Å². The molecular formula is C16H19N3O4. The van der Waals surface area contributed by atoms with Crippen LogP contribution in [0.15, 0.2) is 33.9 Å². The molecule has 7 nitrogen and oxygen atoms in total. The molecule has 7 heteroatoms. The Morgan fingerprint density at radius 3 is 2.52 bits per heavy atom. The number of carbonyl (C=O) groups is 1. The lowest BCUT2D eigenvalue weighted by Gasteiger charge is -2.27. The normalized spacial score (nSPS) is 15.1. The summed E-state index contributed by atoms with van der Waals surface area (Å²) in [4.78, 5) is 39.2. The Hall–Kier alpha value is -2.41. The smallest absolute Gasteiger partial charge is 0.331 e. The summed E-state index contributed by atoms with van der Waals surface area (Å²) in [6.45, 7) is 3.99. The van der Waals surface area contributed by atoms with Crippen molar-refractivity contribution in [2.24, 2.45) is 0 Å². The number of aromatic nitrogens is 2. The van der Waals surface area contributed by atoms with Gasteiger partial charge in [0, 0.05) is 19.6 Å². The summed E-state index contributed by atoms with van der Waals surface area (Å²) in [6.07, 6.45) is 0. The Morgan fingerprint density at radius 1 is 1.13 bits per heavy atom. The van der Waals surface area contributed by atoms with E-state index in [1.165, 1.54) is 4.57 Å². The molecule has 23 heavy (non-hydrogen) atoms. The van der Waals surface area contributed by atoms with Crippen molar-refractivity contribution in [3.05, 3.63) is 45.1 Å². The third-order valence-corrected chi connectivity index (χ3v) is 4.11. The van der Waals surface area contributed by atoms with Gasteiger partial charge in [0.15, 0.2) is 0 Å². The van der Waals surface area contributed by atoms with Gasteiger partial charge in [-0.3, -0.25) is 18.7 Å². The lowest BCUT2D eigenvalue weighted by Crippen LogP contribution is -2.47. The van der Waals surface area contributed by atoms with Crippen LogP contribution in [0.3, 0.4) is 0 Å². The molecule has 1 amide bonds. The number of carbonyl (C=O) groups excluding carboxylic acids is 1. The third-order valence-electron chi connectivity index (χ3n) is 4.11. The summed E-state index contributed by atoms with van der Waals surface area (Å²) in [5, 5.41) is 0.448. The van der Waals surface area contributed by atoms with Gasteiger partial charge in [-0.05, 0) is 19.1 Å². The van der Waals surface area contributed by atoms with Crippen LogP contribution in [0, 0.1) is 0 Å². The lowest BCUT2D eigenvalue weighted by molar-refractivity contribution is -0.136. The summed E-state index contributed by atoms with van der Waals surface area (Å²) in [7, 11) is 0. The van der Waals surface area contributed by atoms with Crippen molar-refractivity contribution in [2.75, 3.05) is 26.3 Å². The molecule has 0 unspecified atom stereocenters. The van der Waals surface area contributed by atoms with Crippen molar-refractivity contribution in [1.29, 1.82) is 0 Å². The second-order valence-electron chi connectivity index (χ2n) is 5.43. The van der Waals surface area contributed by atoms with Gasteiger partial charge in [0.2, 0.25) is 5.91 Å². The van der Waals surface area contributed by atoms with Gasteiger partial charge in [-0.2, -0.15) is 0 Å². The van der Waals surface area contributed by atoms with Crippen LogP contribution >= 0.6 is 0 Å². The van der Waals surface area contributed by atoms with E-state index < -0.39 is 11.2 Å². The van der Waals surface area contributed by atoms with Gasteiger partial charge in [0.1, 0.15) is 6.54 Å². The molecule has 1 fully saturated rings. The number of ether oxygens (including phenoxy) is 1. The SMILES string of the molecule is CCn1c(=O)n(CC(=O)N2CCOCC2)c(=O)c2ccccc21. The molecule has 1 aromatic heterocycles. The Bertz CT molecular complexity index is 847. The largest absolute Gasteiger partial charge is 0.378 e. The fourth-order valence-electron chi connectivity index (χ4n) is 2.86. The van der Waals surface area contributed by atoms with Crippen LogP contribution in [-0.2, 0) is 22.6 Å². The minimum Gasteiger partial charge on any atom is -0.378 e. The maximum atomic E-state index is 12.6. The summed E-state index contributed by atoms with van der Waals surface area (Å²) < 4.78 is 7.76. The Balaban J connectivity index is 2.05. The van der Waals surface area contributed by atoms with E-state index in [0.29, 0.717) is 43.8 Å². The van der Waals surface area contributed by atoms with Crippen LogP contribution in [0.2, 0.25) is 0 Å². The number of hydrogen-bond acceptors (Lipinski definition) is 4. The van der Waals surface area contributed by atoms with Crippen LogP contribution in [0.1, 0.15) is 6.92 Å². The first-order valence-electron chi connectivity index (χ1n) is 7.71. The molecule has 2 heterocycles. The van der Waals surface area contributed by atoms with E-state index in [9.17, 15) is 14.4 Å². The highest BCUT2D eigenvalue weighted by atomic mass is 16.5. The highest BCUT2D eigenvalue weighted by Crippen LogP contribution is 2.07. The van der Waals surface area contributed by atoms with E-state index in [-0.39, 0.29) is 12.5 Å². The maximum Gasteiger partial charge on any atom is 0.331 e. The number of nitrogens with zero attached hydrogens (tertiary/aromatic N) is 3. The number of fused-ring (bicyclic) bond motifs is 1. The lowest BCUT2D eigenvalue weighted by atomic mass is 10.2. The molecule has 0 radical (unpaired) electrons. The first-order chi connectivity index (χ1) is 11.1. The van der Waals surface area contributed by atoms with Gasteiger partial charge >= 0.3 is 5.69 Å². The number of para-hydroxylation sites is 1. The van der Waals surface area contributed by atoms with Crippen LogP contribution in [0.25, 0.3) is 10.9 Å². The first-order valence-corrected chi connectivity index (χ1v) is 7.71. The highest BCUT2D eigenvalue weighted by Gasteiger charge is 2.20. The molecule has 0 aliphatic carbocycles. The molecule has 122 valence electrons. The van der Waals surface area contributed by atoms with E-state index in [1.807, 2.05) is 6.92 Å². The minimum absolute atomic E-state index is 0.231. The minimum atomic E-state index is -0.446. The van der Waals surface area contributed by atoms with Crippen LogP contribution in [0.4, 0.5) is 0 Å². The summed E-state index contributed by atoms with van der Waals surface area (Å²) in [6, 6.07) is 6.97. The Labute approximate surface area is 132 Å². The number of rotatable bonds is 3. The highest BCUT2D eigenvalue weighted by molar-refractivity contribution is 5.79. The molecular weight excluding hydrogens is 298 g/mol. The number of amides is 1. The summed E-state index contributed by atoms with van der Waals surface area (Å²) in [5.74, 6) is -0.231. The fourth-order valence-corrected chi connectivity index (χ4v) is 2.86. The van der Waals surface area contributed by atoms with Gasteiger partial charge in [0.05, 0.1) is 24.1 Å². The van der Waals surface area contributed by atoms with Crippen molar-refractivity contribution in [2.45, 2.75) is 20.0 Å². The zero-order valence-electron chi connectivity index (χ0n) is 13.0. The first kappa shape index (κ1) is 15.5. The predicted octanol–water partition coefficient (Wildman–Crippen LogP) is 0.0419. The quantitative estimate of drug-likeness (QED) is 0.801. The molecule has 0 saturated carbocycles. The monoisotopic (exact) mass is 317 g/mol. The van der Waals surface area contributed by atoms with Crippen LogP contribution < -0.4 is 11.2 Å². The molecule has 1 aliphatic heterocycles. The second-order valence-corrected chi connectivity index (χ2v) is 5.43. The van der Waals surface area contributed by atoms with Crippen molar-refractivity contribution in [1.82, 2.24) is 14.0 Å². The molecule has 1 aromatic carbocycles. The average molecular weight is 317 g/mol. The molecule has 0 atom stereocenters. The van der Waals surface area contributed by atoms with Crippen LogP contribution in [0.5, 0.6) is 0 Å². The van der Waals surface area contributed by atoms with Gasteiger partial charge < -0.3 is 9.64 Å². The Kier molecular flexibility index (Phi) is 4.29. The van der Waals surface area contributed by atoms with Gasteiger partial charge in [0.25, 0.3) is 5.56 Å². The maximum absolute atomic E-state index is 12.6. The third kappa shape index (κ3) is 2.79. The molecule has 0 spiro atoms. The Morgan fingerprint density at radius 2 is 1.83 bits per heavy atom. The fraction of sp³-hybridized carbons (Fsp3) is 0.438. The number of aryl methyl sites for hydroxylation is 1. The standard InChI is InChI=1S/C16H19N3O4/c1-2-18-13-6-4-3-5-12(13)15(21)19(16(18)22)11-14(20)17-7-9-23-10-8-17/h3-6H,2,7-11H2,1H3. The van der Waals surface area contributed by atoms with E-state index in [2.05, 4.69) is 0 Å². The van der Waals surface area contributed by atoms with E-state index in [1.54, 1.807) is 29.2 Å². The predicted molar refractivity (Wildman–Crippen MR) is 85.5 cm³/mol. The molecule has 0 bridgehead atoms. The molecule has 3 rings (SSSR count). The van der Waals surface area contributed by atoms with Gasteiger partial charge in [-0.15, -0.1) is 0 Å². The topological polar surface area (TPSA) is 73.5 Å². The summed E-state index contributed by atoms with van der Waals surface area (Å²) >= 11 is 0. The summed E-state index contributed by atoms with van der Waals surface area (Å²) in [5.41, 5.74) is -0.269. The van der Waals surface area contributed by atoms with E-state index in [4.69, 9.17) is 4.74 Å². The molecule has 2 aromatic rings. The van der Waals surface area contributed by atoms with Gasteiger partial charge in [-0.25, -0.2) is 4.79 Å². The average Bonchev–Trinajstić information content (AvgIpc) is 2.60. The molecule has 1 saturated heterocycles.